The van der Waals surface area contributed by atoms with Gasteiger partial charge in [-0.05, 0) is 131 Å². The molecule has 0 aliphatic heterocycles. The molecular weight excluding hydrogens is 863 g/mol. The van der Waals surface area contributed by atoms with Crippen LogP contribution in [0, 0.1) is 0 Å². The topological polar surface area (TPSA) is 3.24 Å². The monoisotopic (exact) mass is 909 g/mol. The fraction of sp³-hybridized carbons (Fsp3) is 0.0588. The Labute approximate surface area is 414 Å². The Bertz CT molecular complexity index is 3790. The Balaban J connectivity index is 0.942. The van der Waals surface area contributed by atoms with E-state index < -0.39 is 5.41 Å². The third-order valence-corrected chi connectivity index (χ3v) is 16.8. The lowest BCUT2D eigenvalue weighted by Gasteiger charge is -2.31. The van der Waals surface area contributed by atoms with Gasteiger partial charge in [0.25, 0.3) is 0 Å². The molecule has 0 saturated carbocycles. The number of benzene rings is 10. The van der Waals surface area contributed by atoms with Crippen molar-refractivity contribution in [3.63, 3.8) is 0 Å². The Morgan fingerprint density at radius 2 is 0.714 bits per heavy atom. The number of hydrogen-bond acceptors (Lipinski definition) is 2. The van der Waals surface area contributed by atoms with Crippen molar-refractivity contribution in [2.45, 2.75) is 24.7 Å². The Kier molecular flexibility index (Phi) is 9.09. The van der Waals surface area contributed by atoms with Crippen molar-refractivity contribution in [2.24, 2.45) is 0 Å². The molecule has 1 aromatic heterocycles. The average Bonchev–Trinajstić information content (AvgIpc) is 4.13. The van der Waals surface area contributed by atoms with Gasteiger partial charge in [0.15, 0.2) is 0 Å². The summed E-state index contributed by atoms with van der Waals surface area (Å²) in [5, 5.41) is 0. The van der Waals surface area contributed by atoms with Crippen LogP contribution in [0.2, 0.25) is 0 Å². The number of anilines is 3. The molecule has 0 radical (unpaired) electrons. The van der Waals surface area contributed by atoms with Crippen molar-refractivity contribution in [3.05, 3.63) is 282 Å². The maximum absolute atomic E-state index is 2.43. The lowest BCUT2D eigenvalue weighted by Crippen LogP contribution is -2.26. The van der Waals surface area contributed by atoms with E-state index in [-0.39, 0.29) is 5.41 Å². The second-order valence-corrected chi connectivity index (χ2v) is 20.5. The van der Waals surface area contributed by atoms with Crippen LogP contribution in [-0.2, 0) is 10.8 Å². The molecule has 0 atom stereocenters. The molecule has 1 heterocycles. The van der Waals surface area contributed by atoms with Gasteiger partial charge in [-0.15, -0.1) is 11.3 Å². The van der Waals surface area contributed by atoms with Crippen LogP contribution in [0.15, 0.2) is 249 Å². The number of rotatable bonds is 7. The summed E-state index contributed by atoms with van der Waals surface area (Å²) in [6.07, 6.45) is 0. The minimum Gasteiger partial charge on any atom is -0.310 e. The van der Waals surface area contributed by atoms with Crippen molar-refractivity contribution in [2.75, 3.05) is 4.90 Å². The fourth-order valence-electron chi connectivity index (χ4n) is 12.4. The van der Waals surface area contributed by atoms with Crippen molar-refractivity contribution >= 4 is 28.4 Å². The van der Waals surface area contributed by atoms with Gasteiger partial charge in [0.05, 0.1) is 5.41 Å². The summed E-state index contributed by atoms with van der Waals surface area (Å²) in [7, 11) is 0. The number of fused-ring (bicyclic) bond motifs is 13. The van der Waals surface area contributed by atoms with Gasteiger partial charge in [0, 0.05) is 37.8 Å². The van der Waals surface area contributed by atoms with Crippen LogP contribution in [0.3, 0.4) is 0 Å². The highest BCUT2D eigenvalue weighted by molar-refractivity contribution is 7.20. The third kappa shape index (κ3) is 5.84. The summed E-state index contributed by atoms with van der Waals surface area (Å²) in [5.41, 5.74) is 26.3. The number of nitrogens with zero attached hydrogens (tertiary/aromatic N) is 1. The molecule has 330 valence electrons. The number of hydrogen-bond donors (Lipinski definition) is 0. The standard InChI is InChI=1S/C68H47NS/c1-67(2)58-29-15-11-24-52(58)55-42-41-50(43-62(55)67)69(48-37-33-45(34-38-48)44-19-5-3-6-20-44)49-39-35-46(36-40-49)51-23-9-10-27-56(51)66-64-63(65(70-66)47-21-7-4-8-22-47)57-28-14-18-32-61(57)68(64)59-30-16-12-25-53(59)54-26-13-17-31-60(54)68/h3-43H,1-2H3. The quantitative estimate of drug-likeness (QED) is 0.154. The minimum absolute atomic E-state index is 0.122. The Hall–Kier alpha value is -8.30. The van der Waals surface area contributed by atoms with E-state index >= 15 is 0 Å². The molecular formula is C68H47NS. The first-order valence-corrected chi connectivity index (χ1v) is 25.2. The summed E-state index contributed by atoms with van der Waals surface area (Å²) >= 11 is 1.95. The van der Waals surface area contributed by atoms with E-state index in [4.69, 9.17) is 0 Å². The van der Waals surface area contributed by atoms with E-state index in [1.165, 1.54) is 110 Å². The normalized spacial score (nSPS) is 13.8. The first kappa shape index (κ1) is 40.7. The molecule has 3 aliphatic rings. The van der Waals surface area contributed by atoms with Crippen molar-refractivity contribution in [1.82, 2.24) is 0 Å². The zero-order valence-electron chi connectivity index (χ0n) is 39.0. The van der Waals surface area contributed by atoms with Crippen LogP contribution in [0.4, 0.5) is 17.1 Å². The van der Waals surface area contributed by atoms with Gasteiger partial charge in [-0.1, -0.05) is 226 Å². The average molecular weight is 910 g/mol. The highest BCUT2D eigenvalue weighted by Gasteiger charge is 2.54. The Morgan fingerprint density at radius 3 is 1.31 bits per heavy atom. The zero-order valence-corrected chi connectivity index (χ0v) is 39.8. The summed E-state index contributed by atoms with van der Waals surface area (Å²) in [6.45, 7) is 4.73. The maximum Gasteiger partial charge on any atom is 0.0740 e. The van der Waals surface area contributed by atoms with E-state index in [9.17, 15) is 0 Å². The van der Waals surface area contributed by atoms with Crippen LogP contribution in [0.1, 0.15) is 47.2 Å². The molecule has 2 heteroatoms. The molecule has 1 spiro atoms. The van der Waals surface area contributed by atoms with Crippen LogP contribution >= 0.6 is 11.3 Å². The summed E-state index contributed by atoms with van der Waals surface area (Å²) in [6, 6.07) is 92.7. The van der Waals surface area contributed by atoms with Crippen LogP contribution in [0.25, 0.3) is 76.5 Å². The molecule has 11 aromatic rings. The molecule has 0 bridgehead atoms. The molecule has 0 N–H and O–H groups in total. The van der Waals surface area contributed by atoms with Gasteiger partial charge in [-0.25, -0.2) is 0 Å². The maximum atomic E-state index is 2.43. The molecule has 10 aromatic carbocycles. The zero-order chi connectivity index (χ0) is 46.6. The molecule has 1 nitrogen and oxygen atoms in total. The highest BCUT2D eigenvalue weighted by Crippen LogP contribution is 2.68. The molecule has 0 amide bonds. The van der Waals surface area contributed by atoms with Gasteiger partial charge >= 0.3 is 0 Å². The molecule has 70 heavy (non-hydrogen) atoms. The first-order valence-electron chi connectivity index (χ1n) is 24.4. The van der Waals surface area contributed by atoms with Crippen LogP contribution in [-0.4, -0.2) is 0 Å². The van der Waals surface area contributed by atoms with Gasteiger partial charge in [-0.2, -0.15) is 0 Å². The van der Waals surface area contributed by atoms with Crippen LogP contribution < -0.4 is 4.90 Å². The predicted octanol–water partition coefficient (Wildman–Crippen LogP) is 18.5. The third-order valence-electron chi connectivity index (χ3n) is 15.5. The van der Waals surface area contributed by atoms with Gasteiger partial charge < -0.3 is 4.90 Å². The van der Waals surface area contributed by atoms with E-state index in [1.807, 2.05) is 11.3 Å². The van der Waals surface area contributed by atoms with Gasteiger partial charge in [0.1, 0.15) is 0 Å². The van der Waals surface area contributed by atoms with E-state index in [0.29, 0.717) is 0 Å². The van der Waals surface area contributed by atoms with E-state index in [0.717, 1.165) is 17.1 Å². The predicted molar refractivity (Wildman–Crippen MR) is 295 cm³/mol. The molecule has 0 unspecified atom stereocenters. The van der Waals surface area contributed by atoms with E-state index in [1.54, 1.807) is 0 Å². The Morgan fingerprint density at radius 1 is 0.300 bits per heavy atom. The molecule has 14 rings (SSSR count). The number of thiophene rings is 1. The largest absolute Gasteiger partial charge is 0.310 e. The van der Waals surface area contributed by atoms with Crippen molar-refractivity contribution < 1.29 is 0 Å². The van der Waals surface area contributed by atoms with E-state index in [2.05, 4.69) is 267 Å². The smallest absolute Gasteiger partial charge is 0.0740 e. The van der Waals surface area contributed by atoms with Crippen LogP contribution in [0.5, 0.6) is 0 Å². The summed E-state index contributed by atoms with van der Waals surface area (Å²) in [5.74, 6) is 0. The molecule has 0 fully saturated rings. The van der Waals surface area contributed by atoms with Crippen molar-refractivity contribution in [3.8, 4) is 76.5 Å². The minimum atomic E-state index is -0.475. The lowest BCUT2D eigenvalue weighted by atomic mass is 9.70. The second kappa shape index (κ2) is 15.6. The molecule has 3 aliphatic carbocycles. The fourth-order valence-corrected chi connectivity index (χ4v) is 13.8. The van der Waals surface area contributed by atoms with Crippen molar-refractivity contribution in [1.29, 1.82) is 0 Å². The summed E-state index contributed by atoms with van der Waals surface area (Å²) < 4.78 is 0. The first-order chi connectivity index (χ1) is 34.5. The lowest BCUT2D eigenvalue weighted by molar-refractivity contribution is 0.660. The SMILES string of the molecule is CC1(C)c2ccccc2-c2ccc(N(c3ccc(-c4ccccc4)cc3)c3ccc(-c4ccccc4-c4sc(-c5ccccc5)c5c4C4(c6ccccc6-c6ccccc64)c4ccccc4-5)cc3)cc21. The highest BCUT2D eigenvalue weighted by atomic mass is 32.1. The van der Waals surface area contributed by atoms with Gasteiger partial charge in [0.2, 0.25) is 0 Å². The summed E-state index contributed by atoms with van der Waals surface area (Å²) in [4.78, 5) is 5.06. The van der Waals surface area contributed by atoms with Gasteiger partial charge in [-0.3, -0.25) is 0 Å². The molecule has 0 saturated heterocycles. The second-order valence-electron chi connectivity index (χ2n) is 19.5.